The van der Waals surface area contributed by atoms with E-state index in [1.165, 1.54) is 6.07 Å². The summed E-state index contributed by atoms with van der Waals surface area (Å²) in [5, 5.41) is 3.17. The molecule has 0 aliphatic carbocycles. The maximum absolute atomic E-state index is 13.0. The molecule has 0 aliphatic rings. The highest BCUT2D eigenvalue weighted by molar-refractivity contribution is 5.91. The zero-order valence-electron chi connectivity index (χ0n) is 18.5. The lowest BCUT2D eigenvalue weighted by Gasteiger charge is -2.18. The van der Waals surface area contributed by atoms with Crippen molar-refractivity contribution < 1.29 is 23.5 Å². The molecule has 1 N–H and O–H groups in total. The minimum absolute atomic E-state index is 0.100. The van der Waals surface area contributed by atoms with Crippen LogP contribution in [0.5, 0.6) is 5.75 Å². The van der Waals surface area contributed by atoms with Crippen LogP contribution in [0.2, 0.25) is 0 Å². The monoisotopic (exact) mass is 437 g/mol. The highest BCUT2D eigenvalue weighted by Gasteiger charge is 2.24. The molecule has 3 aromatic rings. The van der Waals surface area contributed by atoms with E-state index < -0.39 is 23.7 Å². The molecule has 1 heterocycles. The number of hydrogen-bond donors (Lipinski definition) is 1. The van der Waals surface area contributed by atoms with Crippen LogP contribution in [0.3, 0.4) is 0 Å². The van der Waals surface area contributed by atoms with Gasteiger partial charge in [0.2, 0.25) is 0 Å². The fourth-order valence-corrected chi connectivity index (χ4v) is 3.40. The number of carbonyl (C=O) groups is 2. The van der Waals surface area contributed by atoms with Crippen molar-refractivity contribution in [1.82, 2.24) is 5.32 Å². The minimum atomic E-state index is -0.871. The van der Waals surface area contributed by atoms with E-state index in [4.69, 9.17) is 13.9 Å². The van der Waals surface area contributed by atoms with Gasteiger partial charge >= 0.3 is 17.7 Å². The number of unbranched alkanes of at least 4 members (excludes halogenated alkanes) is 1. The summed E-state index contributed by atoms with van der Waals surface area (Å²) >= 11 is 0. The van der Waals surface area contributed by atoms with E-state index in [1.807, 2.05) is 44.2 Å². The normalized spacial score (nSPS) is 11.7. The van der Waals surface area contributed by atoms with Gasteiger partial charge in [-0.2, -0.15) is 0 Å². The Balaban J connectivity index is 1.76. The van der Waals surface area contributed by atoms with Gasteiger partial charge in [0.1, 0.15) is 24.0 Å². The molecule has 0 spiro atoms. The first-order valence-electron chi connectivity index (χ1n) is 10.6. The second-order valence-corrected chi connectivity index (χ2v) is 7.71. The first-order valence-corrected chi connectivity index (χ1v) is 10.6. The van der Waals surface area contributed by atoms with Crippen LogP contribution in [0.1, 0.15) is 42.9 Å². The molecular weight excluding hydrogens is 410 g/mol. The molecule has 0 saturated heterocycles. The third-order valence-electron chi connectivity index (χ3n) is 5.00. The van der Waals surface area contributed by atoms with Crippen molar-refractivity contribution in [3.8, 4) is 5.75 Å². The van der Waals surface area contributed by atoms with Crippen LogP contribution in [-0.2, 0) is 16.1 Å². The number of nitrogens with one attached hydrogen (secondary N) is 1. The lowest BCUT2D eigenvalue weighted by atomic mass is 10.1. The summed E-state index contributed by atoms with van der Waals surface area (Å²) in [7, 11) is 0. The number of amides is 1. The van der Waals surface area contributed by atoms with Crippen molar-refractivity contribution >= 4 is 23.0 Å². The molecule has 1 atom stereocenters. The van der Waals surface area contributed by atoms with Crippen molar-refractivity contribution in [2.24, 2.45) is 0 Å². The fraction of sp³-hybridized carbons (Fsp3) is 0.320. The number of carbonyl (C=O) groups excluding carboxylic acids is 2. The predicted octanol–water partition coefficient (Wildman–Crippen LogP) is 4.80. The third-order valence-corrected chi connectivity index (χ3v) is 5.00. The highest BCUT2D eigenvalue weighted by atomic mass is 16.6. The van der Waals surface area contributed by atoms with Gasteiger partial charge in [0.05, 0.1) is 5.39 Å². The van der Waals surface area contributed by atoms with Crippen molar-refractivity contribution in [3.63, 3.8) is 0 Å². The van der Waals surface area contributed by atoms with Crippen LogP contribution in [0.4, 0.5) is 4.79 Å². The number of fused-ring (bicyclic) bond motifs is 1. The maximum atomic E-state index is 13.0. The summed E-state index contributed by atoms with van der Waals surface area (Å²) < 4.78 is 16.2. The molecule has 2 aromatic carbocycles. The van der Waals surface area contributed by atoms with Crippen LogP contribution < -0.4 is 15.7 Å². The van der Waals surface area contributed by atoms with Gasteiger partial charge in [0.25, 0.3) is 0 Å². The van der Waals surface area contributed by atoms with Gasteiger partial charge in [0.15, 0.2) is 0 Å². The van der Waals surface area contributed by atoms with Crippen LogP contribution in [0, 0.1) is 13.8 Å². The second kappa shape index (κ2) is 10.6. The minimum Gasteiger partial charge on any atom is -0.445 e. The summed E-state index contributed by atoms with van der Waals surface area (Å²) in [4.78, 5) is 37.0. The molecule has 0 saturated carbocycles. The average Bonchev–Trinajstić information content (AvgIpc) is 2.75. The molecule has 0 fully saturated rings. The number of rotatable bonds is 8. The second-order valence-electron chi connectivity index (χ2n) is 7.71. The molecule has 3 rings (SSSR count). The standard InChI is InChI=1S/C25H27NO6/c1-4-5-11-19(26-25(29)30-15-18-9-7-6-8-10-18)24(28)32-21-13-16(2)12-20-23(21)17(3)14-22(27)31-20/h6-10,12-14,19H,4-5,11,15H2,1-3H3,(H,26,29)/t19-/m0/s1. The molecule has 0 unspecified atom stereocenters. The van der Waals surface area contributed by atoms with E-state index in [2.05, 4.69) is 5.32 Å². The first kappa shape index (κ1) is 23.1. The smallest absolute Gasteiger partial charge is 0.408 e. The Kier molecular flexibility index (Phi) is 7.65. The van der Waals surface area contributed by atoms with Crippen molar-refractivity contribution in [2.75, 3.05) is 0 Å². The molecule has 0 aliphatic heterocycles. The number of aryl methyl sites for hydroxylation is 2. The molecule has 1 amide bonds. The Hall–Kier alpha value is -3.61. The highest BCUT2D eigenvalue weighted by Crippen LogP contribution is 2.30. The van der Waals surface area contributed by atoms with Crippen molar-refractivity contribution in [2.45, 2.75) is 52.7 Å². The van der Waals surface area contributed by atoms with Crippen LogP contribution in [-0.4, -0.2) is 18.1 Å². The molecule has 1 aromatic heterocycles. The zero-order chi connectivity index (χ0) is 23.1. The molecular formula is C25H27NO6. The van der Waals surface area contributed by atoms with E-state index in [9.17, 15) is 14.4 Å². The Bertz CT molecular complexity index is 1150. The molecule has 7 heteroatoms. The Labute approximate surface area is 186 Å². The van der Waals surface area contributed by atoms with Crippen molar-refractivity contribution in [3.05, 3.63) is 75.6 Å². The van der Waals surface area contributed by atoms with Crippen LogP contribution >= 0.6 is 0 Å². The predicted molar refractivity (Wildman–Crippen MR) is 121 cm³/mol. The van der Waals surface area contributed by atoms with Gasteiger partial charge in [-0.15, -0.1) is 0 Å². The largest absolute Gasteiger partial charge is 0.445 e. The van der Waals surface area contributed by atoms with E-state index in [0.717, 1.165) is 24.0 Å². The Morgan fingerprint density at radius 2 is 1.84 bits per heavy atom. The van der Waals surface area contributed by atoms with Crippen LogP contribution in [0.25, 0.3) is 11.0 Å². The van der Waals surface area contributed by atoms with Crippen molar-refractivity contribution in [1.29, 1.82) is 0 Å². The average molecular weight is 437 g/mol. The molecule has 32 heavy (non-hydrogen) atoms. The van der Waals surface area contributed by atoms with E-state index in [1.54, 1.807) is 19.1 Å². The maximum Gasteiger partial charge on any atom is 0.408 e. The Morgan fingerprint density at radius 1 is 1.09 bits per heavy atom. The lowest BCUT2D eigenvalue weighted by Crippen LogP contribution is -2.43. The molecule has 0 bridgehead atoms. The van der Waals surface area contributed by atoms with E-state index >= 15 is 0 Å². The topological polar surface area (TPSA) is 94.8 Å². The van der Waals surface area contributed by atoms with Gasteiger partial charge in [-0.1, -0.05) is 50.1 Å². The first-order chi connectivity index (χ1) is 15.4. The van der Waals surface area contributed by atoms with Crippen LogP contribution in [0.15, 0.2) is 57.7 Å². The number of esters is 1. The lowest BCUT2D eigenvalue weighted by molar-refractivity contribution is -0.136. The number of benzene rings is 2. The summed E-state index contributed by atoms with van der Waals surface area (Å²) in [6, 6.07) is 13.2. The fourth-order valence-electron chi connectivity index (χ4n) is 3.40. The van der Waals surface area contributed by atoms with E-state index in [-0.39, 0.29) is 12.4 Å². The van der Waals surface area contributed by atoms with Gasteiger partial charge in [0, 0.05) is 6.07 Å². The Morgan fingerprint density at radius 3 is 2.56 bits per heavy atom. The summed E-state index contributed by atoms with van der Waals surface area (Å²) in [5.74, 6) is -0.320. The van der Waals surface area contributed by atoms with Gasteiger partial charge in [-0.25, -0.2) is 14.4 Å². The summed E-state index contributed by atoms with van der Waals surface area (Å²) in [5.41, 5.74) is 2.13. The summed E-state index contributed by atoms with van der Waals surface area (Å²) in [6.07, 6.45) is 1.29. The van der Waals surface area contributed by atoms with Gasteiger partial charge < -0.3 is 19.2 Å². The molecule has 7 nitrogen and oxygen atoms in total. The molecule has 168 valence electrons. The quantitative estimate of drug-likeness (QED) is 0.309. The number of hydrogen-bond acceptors (Lipinski definition) is 6. The third kappa shape index (κ3) is 5.97. The van der Waals surface area contributed by atoms with Gasteiger partial charge in [-0.05, 0) is 49.1 Å². The summed E-state index contributed by atoms with van der Waals surface area (Å²) in [6.45, 7) is 5.66. The number of ether oxygens (including phenoxy) is 2. The number of alkyl carbamates (subject to hydrolysis) is 1. The van der Waals surface area contributed by atoms with Gasteiger partial charge in [-0.3, -0.25) is 0 Å². The molecule has 0 radical (unpaired) electrons. The SMILES string of the molecule is CCCC[C@H](NC(=O)OCc1ccccc1)C(=O)Oc1cc(C)cc2oc(=O)cc(C)c12. The van der Waals surface area contributed by atoms with E-state index in [0.29, 0.717) is 23.0 Å². The zero-order valence-corrected chi connectivity index (χ0v) is 18.5.